The van der Waals surface area contributed by atoms with Crippen LogP contribution in [0.1, 0.15) is 20.3 Å². The maximum absolute atomic E-state index is 11.3. The summed E-state index contributed by atoms with van der Waals surface area (Å²) in [6, 6.07) is 1.87. The van der Waals surface area contributed by atoms with Gasteiger partial charge in [0.15, 0.2) is 5.90 Å². The first-order chi connectivity index (χ1) is 7.76. The lowest BCUT2D eigenvalue weighted by Crippen LogP contribution is -2.13. The molecule has 0 unspecified atom stereocenters. The number of hydrogen-bond donors (Lipinski definition) is 0. The van der Waals surface area contributed by atoms with Gasteiger partial charge in [-0.3, -0.25) is 4.79 Å². The molecule has 1 aromatic heterocycles. The van der Waals surface area contributed by atoms with Crippen LogP contribution in [0.15, 0.2) is 21.8 Å². The highest BCUT2D eigenvalue weighted by atomic mass is 32.1. The molecule has 0 saturated heterocycles. The van der Waals surface area contributed by atoms with Gasteiger partial charge in [-0.1, -0.05) is 0 Å². The first-order valence-electron chi connectivity index (χ1n) is 5.14. The van der Waals surface area contributed by atoms with E-state index in [4.69, 9.17) is 9.47 Å². The summed E-state index contributed by atoms with van der Waals surface area (Å²) in [5.74, 6) is 0.0873. The molecule has 0 fully saturated rings. The van der Waals surface area contributed by atoms with Gasteiger partial charge in [-0.05, 0) is 25.3 Å². The Labute approximate surface area is 98.9 Å². The minimum absolute atomic E-state index is 0.0809. The molecule has 0 aromatic carbocycles. The molecule has 5 heteroatoms. The van der Waals surface area contributed by atoms with E-state index in [0.29, 0.717) is 19.1 Å². The topological polar surface area (TPSA) is 47.9 Å². The first kappa shape index (κ1) is 12.7. The van der Waals surface area contributed by atoms with Crippen LogP contribution in [-0.2, 0) is 14.3 Å². The van der Waals surface area contributed by atoms with Gasteiger partial charge in [0.2, 0.25) is 0 Å². The van der Waals surface area contributed by atoms with E-state index < -0.39 is 0 Å². The molecule has 0 radical (unpaired) electrons. The fraction of sp³-hybridized carbons (Fsp3) is 0.455. The Morgan fingerprint density at radius 2 is 2.12 bits per heavy atom. The lowest BCUT2D eigenvalue weighted by atomic mass is 10.4. The van der Waals surface area contributed by atoms with E-state index in [0.717, 1.165) is 5.69 Å². The summed E-state index contributed by atoms with van der Waals surface area (Å²) in [4.78, 5) is 15.5. The molecule has 0 aliphatic carbocycles. The lowest BCUT2D eigenvalue weighted by molar-refractivity contribution is -0.141. The predicted octanol–water partition coefficient (Wildman–Crippen LogP) is 2.77. The molecule has 0 bridgehead atoms. The number of carbonyl (C=O) groups excluding carboxylic acids is 1. The summed E-state index contributed by atoms with van der Waals surface area (Å²) in [6.07, 6.45) is 0.0809. The highest BCUT2D eigenvalue weighted by Gasteiger charge is 2.09. The van der Waals surface area contributed by atoms with Crippen LogP contribution in [0.5, 0.6) is 0 Å². The number of aliphatic imine (C=N–C) groups is 1. The smallest absolute Gasteiger partial charge is 0.315 e. The van der Waals surface area contributed by atoms with Crippen LogP contribution >= 0.6 is 11.3 Å². The van der Waals surface area contributed by atoms with E-state index in [1.165, 1.54) is 0 Å². The molecule has 0 saturated carbocycles. The Morgan fingerprint density at radius 1 is 1.38 bits per heavy atom. The summed E-state index contributed by atoms with van der Waals surface area (Å²) in [5, 5.41) is 3.82. The molecule has 88 valence electrons. The van der Waals surface area contributed by atoms with Crippen LogP contribution < -0.4 is 0 Å². The van der Waals surface area contributed by atoms with Gasteiger partial charge in [-0.15, -0.1) is 0 Å². The third kappa shape index (κ3) is 4.44. The van der Waals surface area contributed by atoms with Crippen molar-refractivity contribution in [2.24, 2.45) is 4.99 Å². The molecule has 1 aromatic rings. The van der Waals surface area contributed by atoms with Crippen LogP contribution in [0.2, 0.25) is 0 Å². The molecule has 0 N–H and O–H groups in total. The van der Waals surface area contributed by atoms with Crippen molar-refractivity contribution in [2.45, 2.75) is 20.3 Å². The lowest BCUT2D eigenvalue weighted by Gasteiger charge is -2.06. The fourth-order valence-corrected chi connectivity index (χ4v) is 1.66. The molecule has 0 atom stereocenters. The van der Waals surface area contributed by atoms with Crippen molar-refractivity contribution < 1.29 is 14.3 Å². The number of ether oxygens (including phenoxy) is 2. The molecule has 0 aliphatic heterocycles. The summed E-state index contributed by atoms with van der Waals surface area (Å²) in [6.45, 7) is 4.49. The normalized spacial score (nSPS) is 11.2. The maximum atomic E-state index is 11.3. The molecule has 16 heavy (non-hydrogen) atoms. The standard InChI is InChI=1S/C11H15NO3S/c1-3-14-10(7-11(13)15-4-2)12-9-5-6-16-8-9/h5-6,8H,3-4,7H2,1-2H3/b12-10-. The van der Waals surface area contributed by atoms with E-state index in [1.54, 1.807) is 18.3 Å². The van der Waals surface area contributed by atoms with Crippen LogP contribution in [0.25, 0.3) is 0 Å². The van der Waals surface area contributed by atoms with Gasteiger partial charge in [-0.25, -0.2) is 4.99 Å². The molecule has 4 nitrogen and oxygen atoms in total. The van der Waals surface area contributed by atoms with Crippen LogP contribution in [0, 0.1) is 0 Å². The Hall–Kier alpha value is -1.36. The van der Waals surface area contributed by atoms with E-state index in [1.807, 2.05) is 23.8 Å². The molecule has 0 spiro atoms. The van der Waals surface area contributed by atoms with Gasteiger partial charge in [0.1, 0.15) is 6.42 Å². The summed E-state index contributed by atoms with van der Waals surface area (Å²) < 4.78 is 10.1. The van der Waals surface area contributed by atoms with E-state index in [9.17, 15) is 4.79 Å². The third-order valence-corrected chi connectivity index (χ3v) is 2.34. The van der Waals surface area contributed by atoms with Crippen molar-refractivity contribution in [1.29, 1.82) is 0 Å². The number of hydrogen-bond acceptors (Lipinski definition) is 5. The number of nitrogens with zero attached hydrogens (tertiary/aromatic N) is 1. The average Bonchev–Trinajstić information content (AvgIpc) is 2.71. The first-order valence-corrected chi connectivity index (χ1v) is 6.08. The van der Waals surface area contributed by atoms with Crippen molar-refractivity contribution >= 4 is 28.9 Å². The molecule has 0 aliphatic rings. The van der Waals surface area contributed by atoms with Crippen LogP contribution in [-0.4, -0.2) is 25.1 Å². The number of carbonyl (C=O) groups is 1. The fourth-order valence-electron chi connectivity index (χ4n) is 1.09. The average molecular weight is 241 g/mol. The van der Waals surface area contributed by atoms with Crippen molar-refractivity contribution in [1.82, 2.24) is 0 Å². The minimum atomic E-state index is -0.315. The highest BCUT2D eigenvalue weighted by molar-refractivity contribution is 7.08. The zero-order valence-electron chi connectivity index (χ0n) is 9.43. The molecular formula is C11H15NO3S. The largest absolute Gasteiger partial charge is 0.481 e. The van der Waals surface area contributed by atoms with Crippen molar-refractivity contribution in [2.75, 3.05) is 13.2 Å². The van der Waals surface area contributed by atoms with Gasteiger partial charge in [0.25, 0.3) is 0 Å². The predicted molar refractivity (Wildman–Crippen MR) is 64.3 cm³/mol. The third-order valence-electron chi connectivity index (χ3n) is 1.67. The summed E-state index contributed by atoms with van der Waals surface area (Å²) >= 11 is 1.55. The highest BCUT2D eigenvalue weighted by Crippen LogP contribution is 2.16. The van der Waals surface area contributed by atoms with Gasteiger partial charge < -0.3 is 9.47 Å². The second-order valence-corrected chi connectivity index (χ2v) is 3.68. The Morgan fingerprint density at radius 3 is 2.69 bits per heavy atom. The number of rotatable bonds is 5. The molecular weight excluding hydrogens is 226 g/mol. The summed E-state index contributed by atoms with van der Waals surface area (Å²) in [5.41, 5.74) is 0.803. The van der Waals surface area contributed by atoms with Gasteiger partial charge in [0.05, 0.1) is 18.9 Å². The van der Waals surface area contributed by atoms with Crippen molar-refractivity contribution in [3.8, 4) is 0 Å². The monoisotopic (exact) mass is 241 g/mol. The van der Waals surface area contributed by atoms with E-state index >= 15 is 0 Å². The molecule has 1 heterocycles. The van der Waals surface area contributed by atoms with Gasteiger partial charge >= 0.3 is 5.97 Å². The van der Waals surface area contributed by atoms with E-state index in [-0.39, 0.29) is 12.4 Å². The second kappa shape index (κ2) is 7.00. The van der Waals surface area contributed by atoms with Crippen LogP contribution in [0.3, 0.4) is 0 Å². The van der Waals surface area contributed by atoms with Crippen LogP contribution in [0.4, 0.5) is 5.69 Å². The zero-order chi connectivity index (χ0) is 11.8. The second-order valence-electron chi connectivity index (χ2n) is 2.90. The van der Waals surface area contributed by atoms with Crippen molar-refractivity contribution in [3.63, 3.8) is 0 Å². The Bertz CT molecular complexity index is 346. The van der Waals surface area contributed by atoms with Gasteiger partial charge in [-0.2, -0.15) is 11.3 Å². The number of esters is 1. The quantitative estimate of drug-likeness (QED) is 0.452. The SMILES string of the molecule is CCOC(=O)C/C(=N/c1ccsc1)OCC. The Kier molecular flexibility index (Phi) is 5.56. The van der Waals surface area contributed by atoms with Gasteiger partial charge in [0, 0.05) is 5.38 Å². The maximum Gasteiger partial charge on any atom is 0.315 e. The van der Waals surface area contributed by atoms with E-state index in [2.05, 4.69) is 4.99 Å². The van der Waals surface area contributed by atoms with Crippen molar-refractivity contribution in [3.05, 3.63) is 16.8 Å². The molecule has 1 rings (SSSR count). The zero-order valence-corrected chi connectivity index (χ0v) is 10.3. The molecule has 0 amide bonds. The summed E-state index contributed by atoms with van der Waals surface area (Å²) in [7, 11) is 0. The number of thiophene rings is 1. The Balaban J connectivity index is 2.63. The minimum Gasteiger partial charge on any atom is -0.481 e.